The molecule has 5 nitrogen and oxygen atoms in total. The lowest BCUT2D eigenvalue weighted by molar-refractivity contribution is -0.136. The second-order valence-corrected chi connectivity index (χ2v) is 4.87. The molecule has 1 atom stereocenters. The topological polar surface area (TPSA) is 55.8 Å². The molecule has 0 radical (unpaired) electrons. The third kappa shape index (κ3) is 3.20. The van der Waals surface area contributed by atoms with E-state index < -0.39 is 11.7 Å². The van der Waals surface area contributed by atoms with Gasteiger partial charge in [0, 0.05) is 13.7 Å². The fourth-order valence-electron chi connectivity index (χ4n) is 1.50. The van der Waals surface area contributed by atoms with Gasteiger partial charge in [0.1, 0.15) is 5.60 Å². The van der Waals surface area contributed by atoms with Gasteiger partial charge in [-0.2, -0.15) is 0 Å². The molecule has 0 aromatic carbocycles. The van der Waals surface area contributed by atoms with E-state index in [1.807, 2.05) is 0 Å². The van der Waals surface area contributed by atoms with Gasteiger partial charge in [-0.05, 0) is 27.2 Å². The molecule has 0 aromatic heterocycles. The van der Waals surface area contributed by atoms with E-state index in [0.29, 0.717) is 13.0 Å². The molecule has 0 aromatic rings. The average molecular weight is 229 g/mol. The zero-order chi connectivity index (χ0) is 12.3. The van der Waals surface area contributed by atoms with Crippen molar-refractivity contribution in [3.05, 3.63) is 0 Å². The summed E-state index contributed by atoms with van der Waals surface area (Å²) < 4.78 is 10.1. The van der Waals surface area contributed by atoms with Crippen molar-refractivity contribution in [1.82, 2.24) is 4.90 Å². The van der Waals surface area contributed by atoms with E-state index in [1.165, 1.54) is 4.90 Å². The second kappa shape index (κ2) is 4.82. The zero-order valence-electron chi connectivity index (χ0n) is 10.3. The van der Waals surface area contributed by atoms with Crippen LogP contribution in [-0.4, -0.2) is 48.7 Å². The van der Waals surface area contributed by atoms with Crippen LogP contribution < -0.4 is 0 Å². The number of likely N-dealkylation sites (tertiary alicyclic amines) is 1. The van der Waals surface area contributed by atoms with E-state index in [9.17, 15) is 9.59 Å². The van der Waals surface area contributed by atoms with Crippen molar-refractivity contribution in [1.29, 1.82) is 0 Å². The Balaban J connectivity index is 2.48. The number of ketones is 1. The summed E-state index contributed by atoms with van der Waals surface area (Å²) in [5, 5.41) is 0. The lowest BCUT2D eigenvalue weighted by Gasteiger charge is -2.39. The lowest BCUT2D eigenvalue weighted by Crippen LogP contribution is -2.60. The minimum absolute atomic E-state index is 0.0721. The van der Waals surface area contributed by atoms with E-state index in [0.717, 1.165) is 0 Å². The quantitative estimate of drug-likeness (QED) is 0.730. The molecule has 0 unspecified atom stereocenters. The standard InChI is InChI=1S/C11H19NO4/c1-11(2,3)16-10(14)12-7-9(13)8(12)5-6-15-4/h8H,5-7H2,1-4H3/t8-/m0/s1. The number of rotatable bonds is 3. The Hall–Kier alpha value is -1.10. The summed E-state index contributed by atoms with van der Waals surface area (Å²) in [7, 11) is 1.57. The molecule has 16 heavy (non-hydrogen) atoms. The molecule has 1 rings (SSSR count). The van der Waals surface area contributed by atoms with Crippen LogP contribution in [0.2, 0.25) is 0 Å². The minimum atomic E-state index is -0.526. The first kappa shape index (κ1) is 13.0. The van der Waals surface area contributed by atoms with Gasteiger partial charge in [-0.25, -0.2) is 4.79 Å². The maximum atomic E-state index is 11.7. The summed E-state index contributed by atoms with van der Waals surface area (Å²) in [5.41, 5.74) is -0.526. The third-order valence-corrected chi connectivity index (χ3v) is 2.30. The van der Waals surface area contributed by atoms with Gasteiger partial charge in [0.2, 0.25) is 0 Å². The largest absolute Gasteiger partial charge is 0.444 e. The molecule has 0 saturated carbocycles. The van der Waals surface area contributed by atoms with E-state index in [2.05, 4.69) is 0 Å². The molecule has 1 aliphatic rings. The molecule has 1 fully saturated rings. The molecule has 1 heterocycles. The molecule has 92 valence electrons. The fourth-order valence-corrected chi connectivity index (χ4v) is 1.50. The van der Waals surface area contributed by atoms with Crippen molar-refractivity contribution < 1.29 is 19.1 Å². The molecule has 0 bridgehead atoms. The maximum Gasteiger partial charge on any atom is 0.411 e. The summed E-state index contributed by atoms with van der Waals surface area (Å²) in [6.45, 7) is 6.03. The van der Waals surface area contributed by atoms with Gasteiger partial charge in [0.25, 0.3) is 0 Å². The van der Waals surface area contributed by atoms with E-state index >= 15 is 0 Å². The number of carbonyl (C=O) groups is 2. The van der Waals surface area contributed by atoms with Crippen LogP contribution in [0.5, 0.6) is 0 Å². The summed E-state index contributed by atoms with van der Waals surface area (Å²) in [6, 6.07) is -0.366. The predicted molar refractivity (Wildman–Crippen MR) is 58.2 cm³/mol. The van der Waals surface area contributed by atoms with Gasteiger partial charge in [-0.1, -0.05) is 0 Å². The van der Waals surface area contributed by atoms with Crippen LogP contribution in [0, 0.1) is 0 Å². The van der Waals surface area contributed by atoms with Crippen molar-refractivity contribution in [3.8, 4) is 0 Å². The Morgan fingerprint density at radius 3 is 2.56 bits per heavy atom. The molecule has 1 aliphatic heterocycles. The molecule has 0 spiro atoms. The Labute approximate surface area is 95.7 Å². The number of ether oxygens (including phenoxy) is 2. The Morgan fingerprint density at radius 2 is 2.12 bits per heavy atom. The highest BCUT2D eigenvalue weighted by Crippen LogP contribution is 2.20. The first-order valence-electron chi connectivity index (χ1n) is 5.36. The summed E-state index contributed by atoms with van der Waals surface area (Å²) in [6.07, 6.45) is 0.113. The molecular formula is C11H19NO4. The highest BCUT2D eigenvalue weighted by molar-refractivity contribution is 5.97. The van der Waals surface area contributed by atoms with Crippen molar-refractivity contribution >= 4 is 11.9 Å². The maximum absolute atomic E-state index is 11.7. The Bertz CT molecular complexity index is 282. The summed E-state index contributed by atoms with van der Waals surface area (Å²) in [5.74, 6) is 0.0721. The van der Waals surface area contributed by atoms with Gasteiger partial charge in [-0.3, -0.25) is 9.69 Å². The number of methoxy groups -OCH3 is 1. The summed E-state index contributed by atoms with van der Waals surface area (Å²) >= 11 is 0. The van der Waals surface area contributed by atoms with Crippen LogP contribution in [0.1, 0.15) is 27.2 Å². The van der Waals surface area contributed by atoms with Crippen molar-refractivity contribution in [2.75, 3.05) is 20.3 Å². The monoisotopic (exact) mass is 229 g/mol. The molecule has 0 N–H and O–H groups in total. The number of hydrogen-bond donors (Lipinski definition) is 0. The van der Waals surface area contributed by atoms with Gasteiger partial charge in [0.15, 0.2) is 5.78 Å². The van der Waals surface area contributed by atoms with Crippen LogP contribution in [0.4, 0.5) is 4.79 Å². The first-order valence-corrected chi connectivity index (χ1v) is 5.36. The Morgan fingerprint density at radius 1 is 1.50 bits per heavy atom. The van der Waals surface area contributed by atoms with E-state index in [4.69, 9.17) is 9.47 Å². The van der Waals surface area contributed by atoms with Crippen LogP contribution in [0.3, 0.4) is 0 Å². The molecule has 0 aliphatic carbocycles. The molecule has 1 saturated heterocycles. The number of carbonyl (C=O) groups excluding carboxylic acids is 2. The normalized spacial score (nSPS) is 20.6. The van der Waals surface area contributed by atoms with E-state index in [-0.39, 0.29) is 18.4 Å². The smallest absolute Gasteiger partial charge is 0.411 e. The SMILES string of the molecule is COCC[C@H]1C(=O)CN1C(=O)OC(C)(C)C. The highest BCUT2D eigenvalue weighted by Gasteiger charge is 2.42. The van der Waals surface area contributed by atoms with Crippen LogP contribution in [-0.2, 0) is 14.3 Å². The van der Waals surface area contributed by atoms with Crippen molar-refractivity contribution in [2.45, 2.75) is 38.8 Å². The van der Waals surface area contributed by atoms with Crippen LogP contribution in [0.25, 0.3) is 0 Å². The Kier molecular flexibility index (Phi) is 3.91. The average Bonchev–Trinajstić information content (AvgIpc) is 2.11. The zero-order valence-corrected chi connectivity index (χ0v) is 10.3. The van der Waals surface area contributed by atoms with Crippen LogP contribution >= 0.6 is 0 Å². The fraction of sp³-hybridized carbons (Fsp3) is 0.818. The van der Waals surface area contributed by atoms with Gasteiger partial charge in [0.05, 0.1) is 12.6 Å². The molecular weight excluding hydrogens is 210 g/mol. The molecule has 1 amide bonds. The van der Waals surface area contributed by atoms with Crippen LogP contribution in [0.15, 0.2) is 0 Å². The predicted octanol–water partition coefficient (Wildman–Crippen LogP) is 1.21. The van der Waals surface area contributed by atoms with Crippen molar-refractivity contribution in [2.24, 2.45) is 0 Å². The third-order valence-electron chi connectivity index (χ3n) is 2.30. The van der Waals surface area contributed by atoms with E-state index in [1.54, 1.807) is 27.9 Å². The molecule has 5 heteroatoms. The van der Waals surface area contributed by atoms with Gasteiger partial charge in [-0.15, -0.1) is 0 Å². The number of hydrogen-bond acceptors (Lipinski definition) is 4. The van der Waals surface area contributed by atoms with Gasteiger partial charge >= 0.3 is 6.09 Å². The highest BCUT2D eigenvalue weighted by atomic mass is 16.6. The minimum Gasteiger partial charge on any atom is -0.444 e. The number of Topliss-reactive ketones (excluding diaryl/α,β-unsaturated/α-hetero) is 1. The van der Waals surface area contributed by atoms with Crippen molar-refractivity contribution in [3.63, 3.8) is 0 Å². The second-order valence-electron chi connectivity index (χ2n) is 4.87. The number of amides is 1. The lowest BCUT2D eigenvalue weighted by atomic mass is 9.99. The number of nitrogens with zero attached hydrogens (tertiary/aromatic N) is 1. The van der Waals surface area contributed by atoms with Gasteiger partial charge < -0.3 is 9.47 Å². The summed E-state index contributed by atoms with van der Waals surface area (Å²) in [4.78, 5) is 24.4. The first-order chi connectivity index (χ1) is 7.35.